The van der Waals surface area contributed by atoms with E-state index in [0.717, 1.165) is 6.07 Å². The van der Waals surface area contributed by atoms with Gasteiger partial charge in [-0.1, -0.05) is 0 Å². The van der Waals surface area contributed by atoms with Crippen LogP contribution < -0.4 is 20.1 Å². The van der Waals surface area contributed by atoms with Crippen LogP contribution in [0.4, 0.5) is 11.4 Å². The summed E-state index contributed by atoms with van der Waals surface area (Å²) in [4.78, 5) is 76.5. The number of esters is 2. The Morgan fingerprint density at radius 3 is 1.69 bits per heavy atom. The van der Waals surface area contributed by atoms with Crippen molar-refractivity contribution in [3.8, 4) is 11.5 Å². The van der Waals surface area contributed by atoms with E-state index in [1.807, 2.05) is 13.8 Å². The van der Waals surface area contributed by atoms with Gasteiger partial charge in [-0.2, -0.15) is 0 Å². The van der Waals surface area contributed by atoms with Gasteiger partial charge in [0.05, 0.1) is 29.9 Å². The predicted molar refractivity (Wildman–Crippen MR) is 160 cm³/mol. The van der Waals surface area contributed by atoms with Gasteiger partial charge >= 0.3 is 11.9 Å². The Morgan fingerprint density at radius 1 is 0.689 bits per heavy atom. The Kier molecular flexibility index (Phi) is 10.5. The molecule has 0 radical (unpaired) electrons. The normalized spacial score (nSPS) is 12.6. The van der Waals surface area contributed by atoms with Gasteiger partial charge in [-0.15, -0.1) is 0 Å². The lowest BCUT2D eigenvalue weighted by Gasteiger charge is -2.20. The van der Waals surface area contributed by atoms with Crippen molar-refractivity contribution < 1.29 is 47.7 Å². The van der Waals surface area contributed by atoms with Crippen molar-refractivity contribution in [2.45, 2.75) is 26.8 Å². The monoisotopic (exact) mass is 617 g/mol. The van der Waals surface area contributed by atoms with Crippen molar-refractivity contribution in [2.24, 2.45) is 0 Å². The van der Waals surface area contributed by atoms with Crippen LogP contribution in [0.3, 0.4) is 0 Å². The molecule has 2 N–H and O–H groups in total. The number of hydrogen-bond acceptors (Lipinski definition) is 10. The third-order valence-corrected chi connectivity index (χ3v) is 6.46. The molecule has 1 heterocycles. The maximum Gasteiger partial charge on any atom is 0.338 e. The van der Waals surface area contributed by atoms with E-state index >= 15 is 0 Å². The van der Waals surface area contributed by atoms with Crippen molar-refractivity contribution >= 4 is 46.9 Å². The highest BCUT2D eigenvalue weighted by atomic mass is 16.5. The maximum absolute atomic E-state index is 13.1. The molecule has 0 aliphatic carbocycles. The Bertz CT molecular complexity index is 1600. The molecule has 0 bridgehead atoms. The van der Waals surface area contributed by atoms with Crippen LogP contribution in [0.1, 0.15) is 51.8 Å². The lowest BCUT2D eigenvalue weighted by Crippen LogP contribution is -2.44. The Morgan fingerprint density at radius 2 is 1.18 bits per heavy atom. The van der Waals surface area contributed by atoms with Crippen molar-refractivity contribution in [1.82, 2.24) is 4.90 Å². The molecule has 1 aliphatic rings. The molecule has 45 heavy (non-hydrogen) atoms. The van der Waals surface area contributed by atoms with Crippen LogP contribution in [0, 0.1) is 0 Å². The average Bonchev–Trinajstić information content (AvgIpc) is 3.28. The number of carbonyl (C=O) groups is 6. The van der Waals surface area contributed by atoms with E-state index in [2.05, 4.69) is 10.6 Å². The quantitative estimate of drug-likeness (QED) is 0.214. The van der Waals surface area contributed by atoms with Crippen LogP contribution in [0.25, 0.3) is 0 Å². The molecule has 13 heteroatoms. The highest BCUT2D eigenvalue weighted by Crippen LogP contribution is 2.27. The summed E-state index contributed by atoms with van der Waals surface area (Å²) in [5.41, 5.74) is 0.698. The maximum atomic E-state index is 13.1. The fraction of sp³-hybridized carbons (Fsp3) is 0.250. The molecule has 0 unspecified atom stereocenters. The zero-order valence-corrected chi connectivity index (χ0v) is 24.8. The lowest BCUT2D eigenvalue weighted by molar-refractivity contribution is -0.150. The molecule has 1 atom stereocenters. The van der Waals surface area contributed by atoms with Crippen LogP contribution >= 0.6 is 0 Å². The van der Waals surface area contributed by atoms with Gasteiger partial charge in [0, 0.05) is 11.4 Å². The fourth-order valence-corrected chi connectivity index (χ4v) is 4.31. The standard InChI is InChI=1S/C32H31N3O10/c1-4-42-23-11-7-21(8-12-23)33-27(36)17-44-31(40)19(3)35-29(38)25-15-6-20(16-26(25)30(35)39)32(41)45-18-28(37)34-22-9-13-24(14-10-22)43-5-2/h6-16,19H,4-5,17-18H2,1-3H3,(H,33,36)(H,34,37)/t19-/m1/s1. The van der Waals surface area contributed by atoms with Crippen LogP contribution in [-0.2, 0) is 23.9 Å². The van der Waals surface area contributed by atoms with Crippen molar-refractivity contribution in [1.29, 1.82) is 0 Å². The molecule has 0 saturated carbocycles. The van der Waals surface area contributed by atoms with E-state index in [1.54, 1.807) is 48.5 Å². The van der Waals surface area contributed by atoms with Gasteiger partial charge in [-0.25, -0.2) is 9.59 Å². The van der Waals surface area contributed by atoms with Gasteiger partial charge in [0.1, 0.15) is 17.5 Å². The molecule has 13 nitrogen and oxygen atoms in total. The summed E-state index contributed by atoms with van der Waals surface area (Å²) in [6.45, 7) is 4.72. The number of imide groups is 1. The smallest absolute Gasteiger partial charge is 0.338 e. The molecule has 0 saturated heterocycles. The number of fused-ring (bicyclic) bond motifs is 1. The summed E-state index contributed by atoms with van der Waals surface area (Å²) in [5.74, 6) is -3.43. The summed E-state index contributed by atoms with van der Waals surface area (Å²) >= 11 is 0. The first kappa shape index (κ1) is 32.2. The molecule has 4 amide bonds. The molecular weight excluding hydrogens is 586 g/mol. The van der Waals surface area contributed by atoms with Gasteiger partial charge in [0.2, 0.25) is 0 Å². The molecule has 3 aromatic rings. The van der Waals surface area contributed by atoms with E-state index in [-0.39, 0.29) is 16.7 Å². The lowest BCUT2D eigenvalue weighted by atomic mass is 10.1. The van der Waals surface area contributed by atoms with Crippen LogP contribution in [0.2, 0.25) is 0 Å². The minimum absolute atomic E-state index is 0.0299. The average molecular weight is 618 g/mol. The number of benzene rings is 3. The zero-order valence-electron chi connectivity index (χ0n) is 24.8. The Hall–Kier alpha value is -5.72. The van der Waals surface area contributed by atoms with E-state index in [1.165, 1.54) is 19.1 Å². The third-order valence-electron chi connectivity index (χ3n) is 6.46. The van der Waals surface area contributed by atoms with Crippen molar-refractivity contribution in [3.63, 3.8) is 0 Å². The van der Waals surface area contributed by atoms with E-state index < -0.39 is 54.8 Å². The van der Waals surface area contributed by atoms with Gasteiger partial charge < -0.3 is 29.6 Å². The molecule has 1 aliphatic heterocycles. The van der Waals surface area contributed by atoms with Crippen molar-refractivity contribution in [3.05, 3.63) is 83.4 Å². The van der Waals surface area contributed by atoms with Crippen molar-refractivity contribution in [2.75, 3.05) is 37.1 Å². The highest BCUT2D eigenvalue weighted by Gasteiger charge is 2.42. The van der Waals surface area contributed by atoms with E-state index in [9.17, 15) is 28.8 Å². The van der Waals surface area contributed by atoms with Gasteiger partial charge in [-0.3, -0.25) is 24.1 Å². The van der Waals surface area contributed by atoms with Crippen LogP contribution in [0.5, 0.6) is 11.5 Å². The second kappa shape index (κ2) is 14.6. The van der Waals surface area contributed by atoms with E-state index in [0.29, 0.717) is 41.0 Å². The first-order valence-corrected chi connectivity index (χ1v) is 14.0. The first-order valence-electron chi connectivity index (χ1n) is 14.0. The summed E-state index contributed by atoms with van der Waals surface area (Å²) in [6, 6.07) is 15.5. The van der Waals surface area contributed by atoms with Gasteiger partial charge in [-0.05, 0) is 87.5 Å². The number of nitrogens with zero attached hydrogens (tertiary/aromatic N) is 1. The van der Waals surface area contributed by atoms with Gasteiger partial charge in [0.25, 0.3) is 23.6 Å². The number of ether oxygens (including phenoxy) is 4. The SMILES string of the molecule is CCOc1ccc(NC(=O)COC(=O)c2ccc3c(c2)C(=O)N([C@H](C)C(=O)OCC(=O)Nc2ccc(OCC)cc2)C3=O)cc1. The fourth-order valence-electron chi connectivity index (χ4n) is 4.31. The van der Waals surface area contributed by atoms with Gasteiger partial charge in [0.15, 0.2) is 13.2 Å². The molecule has 0 spiro atoms. The predicted octanol–water partition coefficient (Wildman–Crippen LogP) is 3.45. The number of carbonyl (C=O) groups excluding carboxylic acids is 6. The summed E-state index contributed by atoms with van der Waals surface area (Å²) in [6.07, 6.45) is 0. The largest absolute Gasteiger partial charge is 0.494 e. The third kappa shape index (κ3) is 8.02. The number of hydrogen-bond donors (Lipinski definition) is 2. The number of amides is 4. The summed E-state index contributed by atoms with van der Waals surface area (Å²) in [5, 5.41) is 5.15. The zero-order chi connectivity index (χ0) is 32.5. The Balaban J connectivity index is 1.29. The highest BCUT2D eigenvalue weighted by molar-refractivity contribution is 6.23. The minimum Gasteiger partial charge on any atom is -0.494 e. The number of nitrogens with one attached hydrogen (secondary N) is 2. The summed E-state index contributed by atoms with van der Waals surface area (Å²) in [7, 11) is 0. The number of anilines is 2. The minimum atomic E-state index is -1.36. The van der Waals surface area contributed by atoms with Crippen LogP contribution in [-0.4, -0.2) is 72.9 Å². The first-order chi connectivity index (χ1) is 21.6. The molecule has 4 rings (SSSR count). The molecule has 234 valence electrons. The molecule has 3 aromatic carbocycles. The molecular formula is C32H31N3O10. The summed E-state index contributed by atoms with van der Waals surface area (Å²) < 4.78 is 20.8. The molecule has 0 aromatic heterocycles. The van der Waals surface area contributed by atoms with Crippen LogP contribution in [0.15, 0.2) is 66.7 Å². The topological polar surface area (TPSA) is 167 Å². The Labute approximate surface area is 258 Å². The second-order valence-electron chi connectivity index (χ2n) is 9.61. The number of rotatable bonds is 13. The van der Waals surface area contributed by atoms with E-state index in [4.69, 9.17) is 18.9 Å². The second-order valence-corrected chi connectivity index (χ2v) is 9.61. The molecule has 0 fully saturated rings.